The average Bonchev–Trinajstić information content (AvgIpc) is 3.50. The molecule has 1 fully saturated rings. The lowest BCUT2D eigenvalue weighted by molar-refractivity contribution is 0.346. The molecule has 0 radical (unpaired) electrons. The number of ether oxygens (including phenoxy) is 1. The van der Waals surface area contributed by atoms with Crippen molar-refractivity contribution in [3.63, 3.8) is 0 Å². The van der Waals surface area contributed by atoms with E-state index in [0.717, 1.165) is 43.9 Å². The van der Waals surface area contributed by atoms with E-state index in [1.165, 1.54) is 23.8 Å². The lowest BCUT2D eigenvalue weighted by Crippen LogP contribution is -2.19. The van der Waals surface area contributed by atoms with Crippen molar-refractivity contribution >= 4 is 21.0 Å². The fraction of sp³-hybridized carbons (Fsp3) is 0.207. The molecule has 212 valence electrons. The van der Waals surface area contributed by atoms with Crippen molar-refractivity contribution in [2.24, 2.45) is 5.92 Å². The van der Waals surface area contributed by atoms with Crippen LogP contribution >= 0.6 is 0 Å². The molecule has 3 aromatic carbocycles. The maximum atomic E-state index is 14.0. The molecule has 0 aliphatic heterocycles. The van der Waals surface area contributed by atoms with Gasteiger partial charge < -0.3 is 8.92 Å². The van der Waals surface area contributed by atoms with Gasteiger partial charge in [0.05, 0.1) is 18.3 Å². The number of hydrogen-bond acceptors (Lipinski definition) is 5. The van der Waals surface area contributed by atoms with Crippen molar-refractivity contribution in [2.75, 3.05) is 7.11 Å². The molecule has 0 bridgehead atoms. The van der Waals surface area contributed by atoms with Gasteiger partial charge in [-0.15, -0.1) is 0 Å². The lowest BCUT2D eigenvalue weighted by atomic mass is 10.1. The maximum absolute atomic E-state index is 14.0. The van der Waals surface area contributed by atoms with E-state index in [0.29, 0.717) is 22.9 Å². The molecule has 1 aromatic heterocycles. The lowest BCUT2D eigenvalue weighted by Gasteiger charge is -2.15. The van der Waals surface area contributed by atoms with Crippen LogP contribution < -0.4 is 14.5 Å². The fourth-order valence-electron chi connectivity index (χ4n) is 4.64. The van der Waals surface area contributed by atoms with Crippen LogP contribution in [-0.2, 0) is 10.1 Å². The number of methoxy groups -OCH3 is 1. The number of rotatable bonds is 5. The third-order valence-corrected chi connectivity index (χ3v) is 7.93. The summed E-state index contributed by atoms with van der Waals surface area (Å²) in [5.41, 5.74) is 0.775. The minimum atomic E-state index is -5.08. The van der Waals surface area contributed by atoms with E-state index < -0.39 is 55.4 Å². The molecular weight excluding hydrogens is 569 g/mol. The second-order valence-corrected chi connectivity index (χ2v) is 10.8. The summed E-state index contributed by atoms with van der Waals surface area (Å²) >= 11 is 0. The van der Waals surface area contributed by atoms with E-state index in [1.807, 2.05) is 0 Å². The molecule has 0 atom stereocenters. The van der Waals surface area contributed by atoms with Crippen LogP contribution in [0.5, 0.6) is 11.5 Å². The molecule has 0 saturated heterocycles. The van der Waals surface area contributed by atoms with E-state index >= 15 is 0 Å². The van der Waals surface area contributed by atoms with E-state index in [1.54, 1.807) is 18.2 Å². The summed E-state index contributed by atoms with van der Waals surface area (Å²) in [6.45, 7) is 0. The smallest absolute Gasteiger partial charge is 0.339 e. The van der Waals surface area contributed by atoms with Crippen molar-refractivity contribution < 1.29 is 39.3 Å². The van der Waals surface area contributed by atoms with Crippen LogP contribution in [0.15, 0.2) is 58.2 Å². The van der Waals surface area contributed by atoms with E-state index in [2.05, 4.69) is 16.0 Å². The van der Waals surface area contributed by atoms with Gasteiger partial charge in [-0.25, -0.2) is 13.2 Å². The Kier molecular flexibility index (Phi) is 7.48. The molecule has 0 unspecified atom stereocenters. The molecular formula is C29H20F5NO5S. The van der Waals surface area contributed by atoms with Gasteiger partial charge >= 0.3 is 10.1 Å². The van der Waals surface area contributed by atoms with Crippen LogP contribution in [0.1, 0.15) is 31.2 Å². The fourth-order valence-corrected chi connectivity index (χ4v) is 5.61. The van der Waals surface area contributed by atoms with Gasteiger partial charge in [0.1, 0.15) is 10.6 Å². The summed E-state index contributed by atoms with van der Waals surface area (Å²) in [4.78, 5) is 12.3. The Bertz CT molecular complexity index is 1890. The highest BCUT2D eigenvalue weighted by atomic mass is 32.2. The first-order chi connectivity index (χ1) is 19.5. The summed E-state index contributed by atoms with van der Waals surface area (Å²) < 4.78 is 105. The summed E-state index contributed by atoms with van der Waals surface area (Å²) in [5.74, 6) is -6.98. The molecule has 0 amide bonds. The first-order valence-electron chi connectivity index (χ1n) is 12.3. The molecule has 0 N–H and O–H groups in total. The van der Waals surface area contributed by atoms with E-state index in [9.17, 15) is 35.2 Å². The third kappa shape index (κ3) is 5.25. The molecule has 12 heteroatoms. The monoisotopic (exact) mass is 589 g/mol. The van der Waals surface area contributed by atoms with Gasteiger partial charge in [-0.1, -0.05) is 24.7 Å². The van der Waals surface area contributed by atoms with Crippen molar-refractivity contribution in [1.82, 2.24) is 4.57 Å². The van der Waals surface area contributed by atoms with Gasteiger partial charge in [0.2, 0.25) is 34.8 Å². The van der Waals surface area contributed by atoms with E-state index in [4.69, 9.17) is 4.74 Å². The molecule has 41 heavy (non-hydrogen) atoms. The Morgan fingerprint density at radius 3 is 2.17 bits per heavy atom. The normalized spacial score (nSPS) is 13.7. The van der Waals surface area contributed by atoms with Gasteiger partial charge in [-0.2, -0.15) is 17.2 Å². The minimum Gasteiger partial charge on any atom is -0.495 e. The van der Waals surface area contributed by atoms with Crippen molar-refractivity contribution in [2.45, 2.75) is 30.6 Å². The Morgan fingerprint density at radius 2 is 1.51 bits per heavy atom. The van der Waals surface area contributed by atoms with E-state index in [-0.39, 0.29) is 10.9 Å². The van der Waals surface area contributed by atoms with Crippen LogP contribution in [0.3, 0.4) is 0 Å². The molecule has 1 saturated carbocycles. The van der Waals surface area contributed by atoms with Crippen molar-refractivity contribution in [3.8, 4) is 29.0 Å². The molecule has 6 nitrogen and oxygen atoms in total. The van der Waals surface area contributed by atoms with Crippen molar-refractivity contribution in [3.05, 3.63) is 93.5 Å². The number of pyridine rings is 1. The topological polar surface area (TPSA) is 74.6 Å². The van der Waals surface area contributed by atoms with Gasteiger partial charge in [0.25, 0.3) is 5.56 Å². The molecule has 0 spiro atoms. The highest BCUT2D eigenvalue weighted by Gasteiger charge is 2.31. The van der Waals surface area contributed by atoms with Crippen LogP contribution in [-0.4, -0.2) is 20.1 Å². The molecule has 5 rings (SSSR count). The molecule has 1 heterocycles. The second kappa shape index (κ2) is 10.9. The van der Waals surface area contributed by atoms with Gasteiger partial charge in [-0.05, 0) is 55.3 Å². The number of nitrogens with zero attached hydrogens (tertiary/aromatic N) is 1. The number of hydrogen-bond donors (Lipinski definition) is 0. The number of halogens is 5. The third-order valence-electron chi connectivity index (χ3n) is 6.71. The first kappa shape index (κ1) is 28.2. The van der Waals surface area contributed by atoms with Crippen molar-refractivity contribution in [1.29, 1.82) is 0 Å². The predicted molar refractivity (Wildman–Crippen MR) is 139 cm³/mol. The highest BCUT2D eigenvalue weighted by Crippen LogP contribution is 2.33. The Hall–Kier alpha value is -4.37. The van der Waals surface area contributed by atoms with Gasteiger partial charge in [-0.3, -0.25) is 9.36 Å². The van der Waals surface area contributed by atoms with Crippen LogP contribution in [0.25, 0.3) is 16.6 Å². The van der Waals surface area contributed by atoms with Crippen LogP contribution in [0, 0.1) is 46.8 Å². The second-order valence-electron chi connectivity index (χ2n) is 9.30. The zero-order valence-corrected chi connectivity index (χ0v) is 22.1. The highest BCUT2D eigenvalue weighted by molar-refractivity contribution is 7.87. The Labute approximate surface area is 231 Å². The molecule has 1 aliphatic rings. The number of aromatic nitrogens is 1. The standard InChI is InChI=1S/C29H20F5NO5S/c1-39-22-14-17(7-6-16-4-2-3-5-16)8-11-21(22)35-20-12-10-19(15-18(20)9-13-23(35)36)41(37,38)40-29-27(33)25(31)24(30)26(32)28(29)34/h8-16H,2-5H2,1H3. The summed E-state index contributed by atoms with van der Waals surface area (Å²) in [6, 6.07) is 10.7. The Balaban J connectivity index is 1.55. The first-order valence-corrected chi connectivity index (χ1v) is 13.7. The largest absolute Gasteiger partial charge is 0.495 e. The predicted octanol–water partition coefficient (Wildman–Crippen LogP) is 6.00. The maximum Gasteiger partial charge on any atom is 0.339 e. The van der Waals surface area contributed by atoms with Crippen LogP contribution in [0.2, 0.25) is 0 Å². The zero-order valence-electron chi connectivity index (χ0n) is 21.3. The number of benzene rings is 3. The number of fused-ring (bicyclic) bond motifs is 1. The Morgan fingerprint density at radius 1 is 0.854 bits per heavy atom. The average molecular weight is 590 g/mol. The summed E-state index contributed by atoms with van der Waals surface area (Å²) in [6.07, 6.45) is 4.41. The summed E-state index contributed by atoms with van der Waals surface area (Å²) in [5, 5.41) is 0.179. The summed E-state index contributed by atoms with van der Waals surface area (Å²) in [7, 11) is -3.66. The minimum absolute atomic E-state index is 0.179. The van der Waals surface area contributed by atoms with Crippen LogP contribution in [0.4, 0.5) is 22.0 Å². The molecule has 4 aromatic rings. The SMILES string of the molecule is COc1cc(C#CC2CCCC2)ccc1-n1c(=O)ccc2cc(S(=O)(=O)Oc3c(F)c(F)c(F)c(F)c3F)ccc21. The molecule has 1 aliphatic carbocycles. The van der Waals surface area contributed by atoms with Gasteiger partial charge in [0, 0.05) is 22.9 Å². The quantitative estimate of drug-likeness (QED) is 0.0939. The zero-order chi connectivity index (χ0) is 29.5. The van der Waals surface area contributed by atoms with Gasteiger partial charge in [0.15, 0.2) is 0 Å².